The van der Waals surface area contributed by atoms with E-state index in [0.29, 0.717) is 0 Å². The number of benzene rings is 3. The second kappa shape index (κ2) is 7.62. The third-order valence-electron chi connectivity index (χ3n) is 5.48. The monoisotopic (exact) mass is 447 g/mol. The van der Waals surface area contributed by atoms with E-state index < -0.39 is 34.6 Å². The van der Waals surface area contributed by atoms with Gasteiger partial charge in [-0.3, -0.25) is 0 Å². The van der Waals surface area contributed by atoms with Crippen molar-refractivity contribution in [3.8, 4) is 22.5 Å². The minimum Gasteiger partial charge on any atom is -0.456 e. The van der Waals surface area contributed by atoms with Gasteiger partial charge in [-0.2, -0.15) is 0 Å². The van der Waals surface area contributed by atoms with Gasteiger partial charge in [-0.15, -0.1) is 0 Å². The molecule has 0 spiro atoms. The molecule has 3 nitrogen and oxygen atoms in total. The average Bonchev–Trinajstić information content (AvgIpc) is 2.75. The van der Waals surface area contributed by atoms with Crippen LogP contribution in [0.25, 0.3) is 33.4 Å². The number of rotatable bonds is 2. The molecule has 1 aliphatic heterocycles. The first-order valence-electron chi connectivity index (χ1n) is 9.73. The van der Waals surface area contributed by atoms with E-state index >= 15 is 0 Å². The van der Waals surface area contributed by atoms with Gasteiger partial charge in [-0.25, -0.2) is 26.5 Å². The van der Waals surface area contributed by atoms with Crippen molar-refractivity contribution < 1.29 is 26.4 Å². The maximum atomic E-state index is 14.9. The van der Waals surface area contributed by atoms with Crippen LogP contribution < -0.4 is 14.8 Å². The van der Waals surface area contributed by atoms with E-state index in [9.17, 15) is 22.0 Å². The van der Waals surface area contributed by atoms with Crippen molar-refractivity contribution in [2.45, 2.75) is 6.92 Å². The number of nitrogens with zero attached hydrogens (tertiary/aromatic N) is 2. The minimum atomic E-state index is -2.20. The quantitative estimate of drug-likeness (QED) is 0.137. The highest BCUT2D eigenvalue weighted by atomic mass is 19.2. The summed E-state index contributed by atoms with van der Waals surface area (Å²) in [7, 11) is 7.26. The Hall–Kier alpha value is -3.42. The number of halogens is 5. The molecule has 0 bridgehead atoms. The third kappa shape index (κ3) is 3.21. The first-order chi connectivity index (χ1) is 15.0. The van der Waals surface area contributed by atoms with Crippen molar-refractivity contribution in [3.05, 3.63) is 70.3 Å². The Morgan fingerprint density at radius 1 is 0.781 bits per heavy atom. The second-order valence-electron chi connectivity index (χ2n) is 8.03. The summed E-state index contributed by atoms with van der Waals surface area (Å²) >= 11 is 0. The minimum absolute atomic E-state index is 0.118. The number of fused-ring (bicyclic) bond motifs is 2. The SMILES string of the molecule is Cc1cc2c(-c3c(F)c(F)c(F)c(F)c3F)c3ccc(N(C)C)cc3oc-2cc1=[N+](C)C. The molecule has 0 unspecified atom stereocenters. The fraction of sp³-hybridized carbons (Fsp3) is 0.208. The van der Waals surface area contributed by atoms with E-state index in [1.165, 1.54) is 0 Å². The molecule has 2 aliphatic rings. The Kier molecular flexibility index (Phi) is 5.19. The Morgan fingerprint density at radius 3 is 1.94 bits per heavy atom. The van der Waals surface area contributed by atoms with E-state index in [4.69, 9.17) is 4.42 Å². The van der Waals surface area contributed by atoms with Crippen LogP contribution in [0.2, 0.25) is 0 Å². The molecule has 0 saturated heterocycles. The van der Waals surface area contributed by atoms with E-state index in [1.54, 1.807) is 56.3 Å². The highest BCUT2D eigenvalue weighted by Crippen LogP contribution is 2.44. The molecule has 1 aliphatic carbocycles. The first-order valence-corrected chi connectivity index (χ1v) is 9.73. The molecule has 0 fully saturated rings. The van der Waals surface area contributed by atoms with Gasteiger partial charge in [-0.05, 0) is 25.1 Å². The molecule has 8 heteroatoms. The molecule has 2 aromatic rings. The highest BCUT2D eigenvalue weighted by Gasteiger charge is 2.31. The van der Waals surface area contributed by atoms with Crippen LogP contribution in [-0.4, -0.2) is 28.2 Å². The van der Waals surface area contributed by atoms with Crippen LogP contribution in [-0.2, 0) is 0 Å². The van der Waals surface area contributed by atoms with Gasteiger partial charge in [0.05, 0.1) is 11.6 Å². The smallest absolute Gasteiger partial charge is 0.206 e. The van der Waals surface area contributed by atoms with Crippen LogP contribution in [0.15, 0.2) is 34.7 Å². The van der Waals surface area contributed by atoms with Crippen molar-refractivity contribution in [2.75, 3.05) is 33.1 Å². The molecule has 0 amide bonds. The van der Waals surface area contributed by atoms with E-state index in [0.717, 1.165) is 16.6 Å². The number of aryl methyl sites for hydroxylation is 1. The highest BCUT2D eigenvalue weighted by molar-refractivity contribution is 6.03. The number of hydrogen-bond donors (Lipinski definition) is 0. The lowest BCUT2D eigenvalue weighted by Gasteiger charge is -2.19. The van der Waals surface area contributed by atoms with Gasteiger partial charge in [0, 0.05) is 47.9 Å². The van der Waals surface area contributed by atoms with Gasteiger partial charge in [-0.1, -0.05) is 0 Å². The van der Waals surface area contributed by atoms with Crippen LogP contribution in [0.5, 0.6) is 0 Å². The fourth-order valence-electron chi connectivity index (χ4n) is 3.88. The van der Waals surface area contributed by atoms with Crippen LogP contribution >= 0.6 is 0 Å². The lowest BCUT2D eigenvalue weighted by molar-refractivity contribution is 0.381. The van der Waals surface area contributed by atoms with Crippen molar-refractivity contribution >= 4 is 16.7 Å². The van der Waals surface area contributed by atoms with E-state index in [1.807, 2.05) is 18.7 Å². The van der Waals surface area contributed by atoms with Crippen LogP contribution in [0.4, 0.5) is 27.6 Å². The third-order valence-corrected chi connectivity index (χ3v) is 5.48. The Morgan fingerprint density at radius 2 is 1.38 bits per heavy atom. The summed E-state index contributed by atoms with van der Waals surface area (Å²) in [6.45, 7) is 1.79. The van der Waals surface area contributed by atoms with Crippen LogP contribution in [0.1, 0.15) is 5.56 Å². The molecule has 4 rings (SSSR count). The van der Waals surface area contributed by atoms with Gasteiger partial charge in [0.2, 0.25) is 11.2 Å². The first kappa shape index (κ1) is 21.8. The lowest BCUT2D eigenvalue weighted by Crippen LogP contribution is -2.24. The van der Waals surface area contributed by atoms with E-state index in [2.05, 4.69) is 0 Å². The maximum absolute atomic E-state index is 14.9. The normalized spacial score (nSPS) is 11.4. The molecule has 1 heterocycles. The molecule has 0 aromatic heterocycles. The average molecular weight is 447 g/mol. The van der Waals surface area contributed by atoms with Crippen molar-refractivity contribution in [1.29, 1.82) is 0 Å². The van der Waals surface area contributed by atoms with Gasteiger partial charge < -0.3 is 9.32 Å². The molecule has 0 radical (unpaired) electrons. The number of hydrogen-bond acceptors (Lipinski definition) is 2. The van der Waals surface area contributed by atoms with Crippen molar-refractivity contribution in [2.24, 2.45) is 0 Å². The van der Waals surface area contributed by atoms with Crippen LogP contribution in [0.3, 0.4) is 0 Å². The molecule has 166 valence electrons. The molecule has 0 saturated carbocycles. The Labute approximate surface area is 181 Å². The molecule has 0 N–H and O–H groups in total. The van der Waals surface area contributed by atoms with Gasteiger partial charge in [0.25, 0.3) is 0 Å². The summed E-state index contributed by atoms with van der Waals surface area (Å²) < 4.78 is 79.6. The summed E-state index contributed by atoms with van der Waals surface area (Å²) in [4.78, 5) is 1.80. The maximum Gasteiger partial charge on any atom is 0.206 e. The van der Waals surface area contributed by atoms with Gasteiger partial charge in [0.1, 0.15) is 25.4 Å². The largest absolute Gasteiger partial charge is 0.456 e. The molecular weight excluding hydrogens is 427 g/mol. The van der Waals surface area contributed by atoms with Gasteiger partial charge >= 0.3 is 0 Å². The zero-order chi connectivity index (χ0) is 23.5. The topological polar surface area (TPSA) is 19.4 Å². The van der Waals surface area contributed by atoms with Gasteiger partial charge in [0.15, 0.2) is 23.3 Å². The summed E-state index contributed by atoms with van der Waals surface area (Å²) in [5, 5.41) is 1.01. The predicted molar refractivity (Wildman–Crippen MR) is 114 cm³/mol. The molecule has 0 atom stereocenters. The van der Waals surface area contributed by atoms with Crippen LogP contribution in [0, 0.1) is 36.0 Å². The predicted octanol–water partition coefficient (Wildman–Crippen LogP) is 5.31. The van der Waals surface area contributed by atoms with E-state index in [-0.39, 0.29) is 27.9 Å². The number of anilines is 1. The fourth-order valence-corrected chi connectivity index (χ4v) is 3.88. The molecular formula is C24H20F5N2O+. The molecule has 32 heavy (non-hydrogen) atoms. The summed E-state index contributed by atoms with van der Waals surface area (Å²) in [6.07, 6.45) is 0. The van der Waals surface area contributed by atoms with Crippen molar-refractivity contribution in [3.63, 3.8) is 0 Å². The lowest BCUT2D eigenvalue weighted by atomic mass is 9.91. The summed E-state index contributed by atoms with van der Waals surface area (Å²) in [5.41, 5.74) is 0.864. The second-order valence-corrected chi connectivity index (χ2v) is 8.03. The Balaban J connectivity index is 2.28. The molecule has 2 aromatic carbocycles. The Bertz CT molecular complexity index is 1410. The van der Waals surface area contributed by atoms with Crippen molar-refractivity contribution in [1.82, 2.24) is 4.58 Å². The zero-order valence-electron chi connectivity index (χ0n) is 18.1. The zero-order valence-corrected chi connectivity index (χ0v) is 18.1. The standard InChI is InChI=1S/C24H20F5N2O/c1-11-8-14-17(10-15(11)31(4)5)32-16-9-12(30(2)3)6-7-13(16)18(14)19-20(25)22(27)24(29)23(28)21(19)26/h6-10H,1-5H3/q+1. The summed E-state index contributed by atoms with van der Waals surface area (Å²) in [6, 6.07) is 8.19. The summed E-state index contributed by atoms with van der Waals surface area (Å²) in [5.74, 6) is -9.71.